The van der Waals surface area contributed by atoms with Gasteiger partial charge in [0.15, 0.2) is 0 Å². The van der Waals surface area contributed by atoms with Crippen LogP contribution in [0, 0.1) is 0 Å². The smallest absolute Gasteiger partial charge is 0.278 e. The second-order valence-corrected chi connectivity index (χ2v) is 5.79. The van der Waals surface area contributed by atoms with Crippen LogP contribution in [-0.4, -0.2) is 51.9 Å². The SMILES string of the molecule is CN(CCO)C1=C(c2ccccc2)C(=O)N(Cc2cccnc2)C1=O. The van der Waals surface area contributed by atoms with E-state index >= 15 is 0 Å². The van der Waals surface area contributed by atoms with Crippen molar-refractivity contribution in [2.24, 2.45) is 0 Å². The summed E-state index contributed by atoms with van der Waals surface area (Å²) in [6, 6.07) is 12.7. The molecule has 0 atom stereocenters. The van der Waals surface area contributed by atoms with E-state index in [-0.39, 0.29) is 31.5 Å². The summed E-state index contributed by atoms with van der Waals surface area (Å²) < 4.78 is 0. The molecule has 0 saturated heterocycles. The summed E-state index contributed by atoms with van der Waals surface area (Å²) in [5, 5.41) is 9.22. The van der Waals surface area contributed by atoms with E-state index in [2.05, 4.69) is 4.98 Å². The molecule has 2 amide bonds. The fourth-order valence-corrected chi connectivity index (χ4v) is 2.86. The van der Waals surface area contributed by atoms with Crippen molar-refractivity contribution in [1.29, 1.82) is 0 Å². The van der Waals surface area contributed by atoms with E-state index in [1.807, 2.05) is 24.3 Å². The van der Waals surface area contributed by atoms with Crippen LogP contribution in [0.15, 0.2) is 60.6 Å². The largest absolute Gasteiger partial charge is 0.395 e. The highest BCUT2D eigenvalue weighted by Gasteiger charge is 2.40. The molecule has 1 aromatic carbocycles. The highest BCUT2D eigenvalue weighted by Crippen LogP contribution is 2.31. The average molecular weight is 337 g/mol. The molecule has 6 nitrogen and oxygen atoms in total. The Morgan fingerprint density at radius 2 is 1.84 bits per heavy atom. The minimum atomic E-state index is -0.358. The Hall–Kier alpha value is -2.99. The number of aromatic nitrogens is 1. The second-order valence-electron chi connectivity index (χ2n) is 5.79. The number of aliphatic hydroxyl groups excluding tert-OH is 1. The number of carbonyl (C=O) groups is 2. The lowest BCUT2D eigenvalue weighted by Gasteiger charge is -2.20. The number of aliphatic hydroxyl groups is 1. The molecule has 25 heavy (non-hydrogen) atoms. The van der Waals surface area contributed by atoms with Crippen molar-refractivity contribution < 1.29 is 14.7 Å². The van der Waals surface area contributed by atoms with Crippen molar-refractivity contribution in [2.45, 2.75) is 6.54 Å². The van der Waals surface area contributed by atoms with Gasteiger partial charge in [0.05, 0.1) is 18.7 Å². The number of nitrogens with zero attached hydrogens (tertiary/aromatic N) is 3. The third kappa shape index (κ3) is 3.29. The van der Waals surface area contributed by atoms with Gasteiger partial charge in [-0.2, -0.15) is 0 Å². The molecule has 6 heteroatoms. The van der Waals surface area contributed by atoms with Gasteiger partial charge in [0, 0.05) is 26.0 Å². The minimum absolute atomic E-state index is 0.105. The first-order valence-electron chi connectivity index (χ1n) is 8.00. The first kappa shape index (κ1) is 16.9. The van der Waals surface area contributed by atoms with Gasteiger partial charge in [0.2, 0.25) is 0 Å². The molecule has 0 aliphatic carbocycles. The van der Waals surface area contributed by atoms with Crippen molar-refractivity contribution in [3.63, 3.8) is 0 Å². The predicted octanol–water partition coefficient (Wildman–Crippen LogP) is 1.29. The van der Waals surface area contributed by atoms with Gasteiger partial charge >= 0.3 is 0 Å². The Morgan fingerprint density at radius 3 is 2.48 bits per heavy atom. The molecule has 1 aliphatic rings. The zero-order valence-corrected chi connectivity index (χ0v) is 13.9. The highest BCUT2D eigenvalue weighted by molar-refractivity contribution is 6.35. The van der Waals surface area contributed by atoms with Crippen molar-refractivity contribution >= 4 is 17.4 Å². The Kier molecular flexibility index (Phi) is 4.90. The van der Waals surface area contributed by atoms with Gasteiger partial charge in [0.25, 0.3) is 11.8 Å². The molecule has 0 spiro atoms. The summed E-state index contributed by atoms with van der Waals surface area (Å²) in [6.45, 7) is 0.329. The number of amides is 2. The fraction of sp³-hybridized carbons (Fsp3) is 0.211. The van der Waals surface area contributed by atoms with Crippen LogP contribution in [0.25, 0.3) is 5.57 Å². The lowest BCUT2D eigenvalue weighted by atomic mass is 10.0. The topological polar surface area (TPSA) is 73.7 Å². The first-order chi connectivity index (χ1) is 12.1. The molecule has 2 aromatic rings. The third-order valence-electron chi connectivity index (χ3n) is 4.09. The van der Waals surface area contributed by atoms with Gasteiger partial charge in [-0.05, 0) is 17.2 Å². The van der Waals surface area contributed by atoms with Crippen molar-refractivity contribution in [1.82, 2.24) is 14.8 Å². The summed E-state index contributed by atoms with van der Waals surface area (Å²) in [5.41, 5.74) is 2.15. The van der Waals surface area contributed by atoms with Crippen LogP contribution in [0.1, 0.15) is 11.1 Å². The van der Waals surface area contributed by atoms with Crippen molar-refractivity contribution in [3.05, 3.63) is 71.7 Å². The molecule has 0 saturated carbocycles. The van der Waals surface area contributed by atoms with E-state index in [0.717, 1.165) is 5.56 Å². The maximum atomic E-state index is 13.0. The summed E-state index contributed by atoms with van der Waals surface area (Å²) in [4.78, 5) is 32.8. The predicted molar refractivity (Wildman–Crippen MR) is 92.9 cm³/mol. The molecule has 3 rings (SSSR count). The number of imide groups is 1. The third-order valence-corrected chi connectivity index (χ3v) is 4.09. The van der Waals surface area contributed by atoms with Gasteiger partial charge in [-0.3, -0.25) is 19.5 Å². The zero-order chi connectivity index (χ0) is 17.8. The van der Waals surface area contributed by atoms with Crippen LogP contribution in [0.3, 0.4) is 0 Å². The van der Waals surface area contributed by atoms with E-state index in [0.29, 0.717) is 16.8 Å². The molecule has 0 radical (unpaired) electrons. The zero-order valence-electron chi connectivity index (χ0n) is 13.9. The number of likely N-dealkylation sites (N-methyl/N-ethyl adjacent to an activating group) is 1. The fourth-order valence-electron chi connectivity index (χ4n) is 2.86. The monoisotopic (exact) mass is 337 g/mol. The van der Waals surface area contributed by atoms with E-state index in [1.165, 1.54) is 4.90 Å². The number of benzene rings is 1. The molecule has 0 unspecified atom stereocenters. The van der Waals surface area contributed by atoms with Crippen LogP contribution in [-0.2, 0) is 16.1 Å². The normalized spacial score (nSPS) is 14.4. The lowest BCUT2D eigenvalue weighted by Crippen LogP contribution is -2.34. The van der Waals surface area contributed by atoms with Crippen molar-refractivity contribution in [3.8, 4) is 0 Å². The molecule has 0 fully saturated rings. The maximum Gasteiger partial charge on any atom is 0.278 e. The summed E-state index contributed by atoms with van der Waals surface area (Å²) in [5.74, 6) is -0.691. The molecule has 1 aromatic heterocycles. The first-order valence-corrected chi connectivity index (χ1v) is 8.00. The highest BCUT2D eigenvalue weighted by atomic mass is 16.3. The van der Waals surface area contributed by atoms with Crippen molar-refractivity contribution in [2.75, 3.05) is 20.2 Å². The van der Waals surface area contributed by atoms with Crippen LogP contribution in [0.2, 0.25) is 0 Å². The van der Waals surface area contributed by atoms with E-state index < -0.39 is 0 Å². The van der Waals surface area contributed by atoms with Crippen LogP contribution < -0.4 is 0 Å². The van der Waals surface area contributed by atoms with Crippen LogP contribution in [0.5, 0.6) is 0 Å². The molecule has 1 aliphatic heterocycles. The quantitative estimate of drug-likeness (QED) is 0.804. The number of pyridine rings is 1. The lowest BCUT2D eigenvalue weighted by molar-refractivity contribution is -0.138. The molecule has 0 bridgehead atoms. The molecule has 2 heterocycles. The van der Waals surface area contributed by atoms with Gasteiger partial charge in [0.1, 0.15) is 5.70 Å². The number of carbonyl (C=O) groups excluding carboxylic acids is 2. The number of rotatable bonds is 6. The minimum Gasteiger partial charge on any atom is -0.395 e. The number of hydrogen-bond acceptors (Lipinski definition) is 5. The van der Waals surface area contributed by atoms with Crippen LogP contribution >= 0.6 is 0 Å². The van der Waals surface area contributed by atoms with Gasteiger partial charge in [-0.15, -0.1) is 0 Å². The van der Waals surface area contributed by atoms with E-state index in [9.17, 15) is 14.7 Å². The van der Waals surface area contributed by atoms with E-state index in [4.69, 9.17) is 0 Å². The maximum absolute atomic E-state index is 13.0. The number of hydrogen-bond donors (Lipinski definition) is 1. The Morgan fingerprint density at radius 1 is 1.08 bits per heavy atom. The molecule has 1 N–H and O–H groups in total. The molecular formula is C19H19N3O3. The summed E-state index contributed by atoms with van der Waals surface area (Å²) in [6.07, 6.45) is 3.28. The van der Waals surface area contributed by atoms with E-state index in [1.54, 1.807) is 42.5 Å². The summed E-state index contributed by atoms with van der Waals surface area (Å²) >= 11 is 0. The van der Waals surface area contributed by atoms with Gasteiger partial charge < -0.3 is 10.0 Å². The van der Waals surface area contributed by atoms with Gasteiger partial charge in [-0.1, -0.05) is 36.4 Å². The summed E-state index contributed by atoms with van der Waals surface area (Å²) in [7, 11) is 1.70. The van der Waals surface area contributed by atoms with Crippen LogP contribution in [0.4, 0.5) is 0 Å². The standard InChI is InChI=1S/C19H19N3O3/c1-21(10-11-23)17-16(15-7-3-2-4-8-15)18(24)22(19(17)25)13-14-6-5-9-20-12-14/h2-9,12,23H,10-11,13H2,1H3. The average Bonchev–Trinajstić information content (AvgIpc) is 2.88. The molecule has 128 valence electrons. The van der Waals surface area contributed by atoms with Gasteiger partial charge in [-0.25, -0.2) is 0 Å². The Bertz CT molecular complexity index is 803. The second kappa shape index (κ2) is 7.27. The molecular weight excluding hydrogens is 318 g/mol. The Balaban J connectivity index is 2.00. The Labute approximate surface area is 146 Å².